The fourth-order valence-electron chi connectivity index (χ4n) is 3.37. The van der Waals surface area contributed by atoms with Crippen LogP contribution in [-0.4, -0.2) is 28.1 Å². The quantitative estimate of drug-likeness (QED) is 0.811. The summed E-state index contributed by atoms with van der Waals surface area (Å²) in [5.74, 6) is -0.390. The fraction of sp³-hybridized carbons (Fsp3) is 0.500. The van der Waals surface area contributed by atoms with Crippen LogP contribution in [0.5, 0.6) is 0 Å². The number of halogens is 1. The number of aromatic nitrogens is 3. The zero-order chi connectivity index (χ0) is 17.2. The molecule has 3 rings (SSSR count). The van der Waals surface area contributed by atoms with Crippen LogP contribution in [-0.2, 0) is 30.3 Å². The van der Waals surface area contributed by atoms with Gasteiger partial charge in [0.05, 0.1) is 18.4 Å². The van der Waals surface area contributed by atoms with Crippen LogP contribution in [0.2, 0.25) is 0 Å². The van der Waals surface area contributed by atoms with Crippen LogP contribution in [0, 0.1) is 0 Å². The van der Waals surface area contributed by atoms with E-state index in [1.165, 1.54) is 7.11 Å². The Kier molecular flexibility index (Phi) is 4.64. The zero-order valence-electron chi connectivity index (χ0n) is 14.1. The van der Waals surface area contributed by atoms with Gasteiger partial charge in [0.25, 0.3) is 0 Å². The highest BCUT2D eigenvalue weighted by Crippen LogP contribution is 2.38. The summed E-state index contributed by atoms with van der Waals surface area (Å²) >= 11 is 0. The third kappa shape index (κ3) is 3.18. The molecule has 1 heterocycles. The molecule has 1 aliphatic rings. The third-order valence-corrected chi connectivity index (χ3v) is 4.71. The van der Waals surface area contributed by atoms with Crippen LogP contribution >= 0.6 is 0 Å². The van der Waals surface area contributed by atoms with Gasteiger partial charge in [-0.3, -0.25) is 4.68 Å². The summed E-state index contributed by atoms with van der Waals surface area (Å²) in [6, 6.07) is 6.90. The number of fused-ring (bicyclic) bond motifs is 1. The minimum atomic E-state index is -1.52. The maximum atomic E-state index is 15.8. The molecule has 1 aromatic heterocycles. The molecule has 1 aromatic carbocycles. The first-order valence-electron chi connectivity index (χ1n) is 8.29. The Bertz CT molecular complexity index is 726. The number of esters is 1. The van der Waals surface area contributed by atoms with E-state index >= 15 is 4.39 Å². The summed E-state index contributed by atoms with van der Waals surface area (Å²) in [5.41, 5.74) is 1.15. The molecule has 0 saturated heterocycles. The summed E-state index contributed by atoms with van der Waals surface area (Å²) in [5, 5.41) is 8.16. The number of aryl methyl sites for hydroxylation is 1. The predicted octanol–water partition coefficient (Wildman–Crippen LogP) is 3.13. The maximum absolute atomic E-state index is 15.8. The number of rotatable bonds is 3. The lowest BCUT2D eigenvalue weighted by atomic mass is 9.84. The van der Waals surface area contributed by atoms with E-state index in [9.17, 15) is 4.79 Å². The topological polar surface area (TPSA) is 57.0 Å². The minimum Gasteiger partial charge on any atom is -0.465 e. The normalized spacial score (nSPS) is 20.8. The highest BCUT2D eigenvalue weighted by atomic mass is 19.1. The van der Waals surface area contributed by atoms with Crippen molar-refractivity contribution >= 4 is 5.97 Å². The van der Waals surface area contributed by atoms with Gasteiger partial charge in [-0.15, -0.1) is 5.10 Å². The molecule has 0 amide bonds. The van der Waals surface area contributed by atoms with Gasteiger partial charge in [0.1, 0.15) is 5.69 Å². The van der Waals surface area contributed by atoms with Crippen molar-refractivity contribution in [1.82, 2.24) is 15.0 Å². The Morgan fingerprint density at radius 3 is 2.75 bits per heavy atom. The van der Waals surface area contributed by atoms with Crippen molar-refractivity contribution in [3.05, 3.63) is 46.8 Å². The number of nitrogens with zero attached hydrogens (tertiary/aromatic N) is 3. The fourth-order valence-corrected chi connectivity index (χ4v) is 3.37. The molecule has 1 unspecified atom stereocenters. The second kappa shape index (κ2) is 6.71. The number of carbonyl (C=O) groups excluding carboxylic acids is 1. The average Bonchev–Trinajstić information content (AvgIpc) is 2.94. The van der Waals surface area contributed by atoms with Gasteiger partial charge in [-0.25, -0.2) is 9.18 Å². The van der Waals surface area contributed by atoms with Crippen LogP contribution in [0.3, 0.4) is 0 Å². The Hall–Kier alpha value is -2.24. The molecule has 0 saturated carbocycles. The molecule has 0 spiro atoms. The first kappa shape index (κ1) is 16.6. The summed E-state index contributed by atoms with van der Waals surface area (Å²) in [6.45, 7) is 0. The minimum absolute atomic E-state index is 0.236. The zero-order valence-corrected chi connectivity index (χ0v) is 14.1. The van der Waals surface area contributed by atoms with Crippen molar-refractivity contribution in [1.29, 1.82) is 0 Å². The first-order chi connectivity index (χ1) is 11.5. The number of methoxy groups -OCH3 is 1. The third-order valence-electron chi connectivity index (χ3n) is 4.71. The molecule has 1 aliphatic carbocycles. The van der Waals surface area contributed by atoms with E-state index < -0.39 is 11.6 Å². The summed E-state index contributed by atoms with van der Waals surface area (Å²) < 4.78 is 22.2. The standard InChI is InChI=1S/C18H22FN3O2/c1-22-15-6-4-3-5-11-18(19,16(15)20-21-22)12-13-7-9-14(10-8-13)17(23)24-2/h7-10H,3-6,11-12H2,1-2H3. The van der Waals surface area contributed by atoms with Gasteiger partial charge in [0.2, 0.25) is 0 Å². The largest absolute Gasteiger partial charge is 0.465 e. The van der Waals surface area contributed by atoms with Gasteiger partial charge in [-0.05, 0) is 43.4 Å². The molecule has 2 aromatic rings. The van der Waals surface area contributed by atoms with E-state index in [0.29, 0.717) is 17.7 Å². The second-order valence-electron chi connectivity index (χ2n) is 6.40. The number of hydrogen-bond acceptors (Lipinski definition) is 4. The van der Waals surface area contributed by atoms with E-state index in [-0.39, 0.29) is 6.42 Å². The van der Waals surface area contributed by atoms with Crippen LogP contribution in [0.15, 0.2) is 24.3 Å². The monoisotopic (exact) mass is 331 g/mol. The van der Waals surface area contributed by atoms with E-state index in [4.69, 9.17) is 4.74 Å². The highest BCUT2D eigenvalue weighted by Gasteiger charge is 2.38. The maximum Gasteiger partial charge on any atom is 0.337 e. The SMILES string of the molecule is COC(=O)c1ccc(CC2(F)CCCCCc3c2nnn3C)cc1. The molecule has 0 N–H and O–H groups in total. The van der Waals surface area contributed by atoms with E-state index in [1.807, 2.05) is 7.05 Å². The van der Waals surface area contributed by atoms with Crippen LogP contribution in [0.1, 0.15) is 53.0 Å². The van der Waals surface area contributed by atoms with Crippen LogP contribution in [0.25, 0.3) is 0 Å². The molecule has 1 atom stereocenters. The van der Waals surface area contributed by atoms with E-state index in [0.717, 1.165) is 36.9 Å². The molecule has 128 valence electrons. The molecule has 0 fully saturated rings. The smallest absolute Gasteiger partial charge is 0.337 e. The van der Waals surface area contributed by atoms with Gasteiger partial charge in [-0.1, -0.05) is 23.8 Å². The molecule has 24 heavy (non-hydrogen) atoms. The lowest BCUT2D eigenvalue weighted by Gasteiger charge is -2.26. The Labute approximate surface area is 140 Å². The van der Waals surface area contributed by atoms with Gasteiger partial charge < -0.3 is 4.74 Å². The van der Waals surface area contributed by atoms with Crippen molar-refractivity contribution in [3.8, 4) is 0 Å². The summed E-state index contributed by atoms with van der Waals surface area (Å²) in [4.78, 5) is 11.5. The Morgan fingerprint density at radius 1 is 1.29 bits per heavy atom. The molecule has 5 nitrogen and oxygen atoms in total. The van der Waals surface area contributed by atoms with Crippen molar-refractivity contribution in [2.45, 2.75) is 44.2 Å². The molecule has 0 bridgehead atoms. The Morgan fingerprint density at radius 2 is 2.04 bits per heavy atom. The number of benzene rings is 1. The van der Waals surface area contributed by atoms with Gasteiger partial charge in [0, 0.05) is 13.5 Å². The number of ether oxygens (including phenoxy) is 1. The van der Waals surface area contributed by atoms with E-state index in [1.54, 1.807) is 28.9 Å². The summed E-state index contributed by atoms with van der Waals surface area (Å²) in [6.07, 6.45) is 4.38. The van der Waals surface area contributed by atoms with Crippen LogP contribution in [0.4, 0.5) is 4.39 Å². The second-order valence-corrected chi connectivity index (χ2v) is 6.40. The van der Waals surface area contributed by atoms with Crippen LogP contribution < -0.4 is 0 Å². The lowest BCUT2D eigenvalue weighted by Crippen LogP contribution is -2.27. The predicted molar refractivity (Wildman–Crippen MR) is 87.4 cm³/mol. The highest BCUT2D eigenvalue weighted by molar-refractivity contribution is 5.89. The van der Waals surface area contributed by atoms with Crippen molar-refractivity contribution in [2.24, 2.45) is 7.05 Å². The van der Waals surface area contributed by atoms with Gasteiger partial charge in [0.15, 0.2) is 5.67 Å². The lowest BCUT2D eigenvalue weighted by molar-refractivity contribution is 0.0600. The molecule has 0 aliphatic heterocycles. The van der Waals surface area contributed by atoms with Gasteiger partial charge >= 0.3 is 5.97 Å². The van der Waals surface area contributed by atoms with Crippen molar-refractivity contribution in [2.75, 3.05) is 7.11 Å². The van der Waals surface area contributed by atoms with Crippen molar-refractivity contribution < 1.29 is 13.9 Å². The Balaban J connectivity index is 1.88. The summed E-state index contributed by atoms with van der Waals surface area (Å²) in [7, 11) is 3.16. The molecule has 0 radical (unpaired) electrons. The van der Waals surface area contributed by atoms with Crippen molar-refractivity contribution in [3.63, 3.8) is 0 Å². The average molecular weight is 331 g/mol. The molecular formula is C18H22FN3O2. The number of hydrogen-bond donors (Lipinski definition) is 0. The molecular weight excluding hydrogens is 309 g/mol. The van der Waals surface area contributed by atoms with Gasteiger partial charge in [-0.2, -0.15) is 0 Å². The number of alkyl halides is 1. The molecule has 6 heteroatoms. The van der Waals surface area contributed by atoms with E-state index in [2.05, 4.69) is 10.3 Å². The first-order valence-corrected chi connectivity index (χ1v) is 8.29. The number of carbonyl (C=O) groups is 1.